The van der Waals surface area contributed by atoms with Crippen LogP contribution in [0.5, 0.6) is 0 Å². The van der Waals surface area contributed by atoms with Gasteiger partial charge in [0.1, 0.15) is 0 Å². The number of benzene rings is 1. The summed E-state index contributed by atoms with van der Waals surface area (Å²) in [5, 5.41) is 18.1. The Morgan fingerprint density at radius 1 is 1.28 bits per heavy atom. The molecule has 0 aliphatic heterocycles. The Morgan fingerprint density at radius 3 is 2.28 bits per heavy atom. The normalized spacial score (nSPS) is 13.2. The number of esters is 1. The number of carbonyl (C=O) groups excluding carboxylic acids is 1. The van der Waals surface area contributed by atoms with E-state index in [1.165, 1.54) is 24.3 Å². The standard InChI is InChI=1S/C11H11Cl3O4/c12-11(13,14)8-3-1-7(2-4-8)10(17)18-9(16)5-6-15/h1-4,10,15,17H,5-6H2. The van der Waals surface area contributed by atoms with Crippen molar-refractivity contribution in [2.45, 2.75) is 16.5 Å². The average molecular weight is 314 g/mol. The van der Waals surface area contributed by atoms with Crippen molar-refractivity contribution in [1.29, 1.82) is 0 Å². The maximum absolute atomic E-state index is 11.0. The van der Waals surface area contributed by atoms with E-state index in [1.54, 1.807) is 0 Å². The van der Waals surface area contributed by atoms with E-state index < -0.39 is 16.1 Å². The minimum atomic E-state index is -1.54. The Balaban J connectivity index is 2.70. The molecule has 0 amide bonds. The number of alkyl halides is 3. The second kappa shape index (κ2) is 6.59. The van der Waals surface area contributed by atoms with Crippen molar-refractivity contribution in [2.24, 2.45) is 0 Å². The molecule has 0 heterocycles. The molecule has 1 rings (SSSR count). The second-order valence-corrected chi connectivity index (χ2v) is 5.72. The van der Waals surface area contributed by atoms with E-state index in [0.29, 0.717) is 11.1 Å². The molecular formula is C11H11Cl3O4. The Kier molecular flexibility index (Phi) is 5.69. The summed E-state index contributed by atoms with van der Waals surface area (Å²) >= 11 is 17.0. The lowest BCUT2D eigenvalue weighted by Crippen LogP contribution is -2.12. The Labute approximate surface area is 119 Å². The number of hydrogen-bond donors (Lipinski definition) is 2. The highest BCUT2D eigenvalue weighted by molar-refractivity contribution is 6.66. The monoisotopic (exact) mass is 312 g/mol. The van der Waals surface area contributed by atoms with E-state index in [4.69, 9.17) is 39.9 Å². The van der Waals surface area contributed by atoms with E-state index in [0.717, 1.165) is 0 Å². The lowest BCUT2D eigenvalue weighted by molar-refractivity contribution is -0.169. The summed E-state index contributed by atoms with van der Waals surface area (Å²) < 4.78 is 3.12. The molecule has 0 aliphatic carbocycles. The van der Waals surface area contributed by atoms with Crippen molar-refractivity contribution in [1.82, 2.24) is 0 Å². The highest BCUT2D eigenvalue weighted by Crippen LogP contribution is 2.38. The van der Waals surface area contributed by atoms with Crippen molar-refractivity contribution in [3.63, 3.8) is 0 Å². The predicted octanol–water partition coefficient (Wildman–Crippen LogP) is 2.43. The zero-order valence-corrected chi connectivity index (χ0v) is 11.4. The Hall–Kier alpha value is -0.520. The molecule has 0 saturated carbocycles. The summed E-state index contributed by atoms with van der Waals surface area (Å²) in [4.78, 5) is 11.0. The molecule has 0 fully saturated rings. The first kappa shape index (κ1) is 15.5. The first-order chi connectivity index (χ1) is 8.34. The molecule has 0 radical (unpaired) electrons. The molecule has 4 nitrogen and oxygen atoms in total. The van der Waals surface area contributed by atoms with Crippen LogP contribution < -0.4 is 0 Å². The fourth-order valence-corrected chi connectivity index (χ4v) is 1.56. The second-order valence-electron chi connectivity index (χ2n) is 3.44. The molecule has 0 bridgehead atoms. The topological polar surface area (TPSA) is 66.8 Å². The molecule has 1 aromatic rings. The van der Waals surface area contributed by atoms with Gasteiger partial charge in [-0.15, -0.1) is 0 Å². The third-order valence-corrected chi connectivity index (χ3v) is 2.74. The molecule has 0 saturated heterocycles. The molecule has 7 heteroatoms. The van der Waals surface area contributed by atoms with Crippen LogP contribution in [0.25, 0.3) is 0 Å². The zero-order chi connectivity index (χ0) is 13.8. The van der Waals surface area contributed by atoms with Crippen molar-refractivity contribution < 1.29 is 19.7 Å². The van der Waals surface area contributed by atoms with Crippen LogP contribution in [-0.2, 0) is 13.3 Å². The lowest BCUT2D eigenvalue weighted by Gasteiger charge is -2.14. The predicted molar refractivity (Wildman–Crippen MR) is 68.4 cm³/mol. The van der Waals surface area contributed by atoms with Gasteiger partial charge in [0.15, 0.2) is 0 Å². The van der Waals surface area contributed by atoms with E-state index in [2.05, 4.69) is 4.74 Å². The molecule has 1 atom stereocenters. The third-order valence-electron chi connectivity index (χ3n) is 2.08. The van der Waals surface area contributed by atoms with Crippen LogP contribution in [-0.4, -0.2) is 22.8 Å². The summed E-state index contributed by atoms with van der Waals surface area (Å²) in [6, 6.07) is 5.97. The highest BCUT2D eigenvalue weighted by Gasteiger charge is 2.23. The number of hydrogen-bond acceptors (Lipinski definition) is 4. The first-order valence-electron chi connectivity index (χ1n) is 5.00. The van der Waals surface area contributed by atoms with Gasteiger partial charge < -0.3 is 14.9 Å². The average Bonchev–Trinajstić information content (AvgIpc) is 2.28. The van der Waals surface area contributed by atoms with Gasteiger partial charge in [0.2, 0.25) is 10.1 Å². The molecule has 100 valence electrons. The number of carbonyl (C=O) groups is 1. The first-order valence-corrected chi connectivity index (χ1v) is 6.13. The van der Waals surface area contributed by atoms with Gasteiger partial charge in [-0.25, -0.2) is 0 Å². The summed E-state index contributed by atoms with van der Waals surface area (Å²) in [5.41, 5.74) is 0.782. The molecule has 0 spiro atoms. The molecule has 1 aromatic carbocycles. The van der Waals surface area contributed by atoms with Crippen LogP contribution in [0.4, 0.5) is 0 Å². The summed E-state index contributed by atoms with van der Waals surface area (Å²) in [6.45, 7) is -0.336. The minimum Gasteiger partial charge on any atom is -0.431 e. The number of aliphatic hydroxyl groups excluding tert-OH is 2. The van der Waals surface area contributed by atoms with E-state index in [-0.39, 0.29) is 13.0 Å². The molecule has 1 unspecified atom stereocenters. The smallest absolute Gasteiger partial charge is 0.310 e. The summed E-state index contributed by atoms with van der Waals surface area (Å²) in [5.74, 6) is -0.699. The van der Waals surface area contributed by atoms with Crippen LogP contribution in [0.3, 0.4) is 0 Å². The van der Waals surface area contributed by atoms with Crippen molar-refractivity contribution in [3.05, 3.63) is 35.4 Å². The molecule has 2 N–H and O–H groups in total. The number of halogens is 3. The van der Waals surface area contributed by atoms with E-state index in [1.807, 2.05) is 0 Å². The third kappa shape index (κ3) is 4.63. The summed E-state index contributed by atoms with van der Waals surface area (Å²) in [7, 11) is 0. The van der Waals surface area contributed by atoms with Crippen LogP contribution in [0.1, 0.15) is 23.8 Å². The molecule has 18 heavy (non-hydrogen) atoms. The van der Waals surface area contributed by atoms with E-state index >= 15 is 0 Å². The number of aliphatic hydroxyl groups is 2. The maximum Gasteiger partial charge on any atom is 0.310 e. The quantitative estimate of drug-likeness (QED) is 0.509. The molecule has 0 aromatic heterocycles. The van der Waals surface area contributed by atoms with Crippen molar-refractivity contribution in [3.8, 4) is 0 Å². The van der Waals surface area contributed by atoms with Gasteiger partial charge in [-0.05, 0) is 0 Å². The summed E-state index contributed by atoms with van der Waals surface area (Å²) in [6.07, 6.45) is -1.59. The van der Waals surface area contributed by atoms with Gasteiger partial charge in [-0.1, -0.05) is 59.1 Å². The van der Waals surface area contributed by atoms with Crippen LogP contribution in [0, 0.1) is 0 Å². The molecular weight excluding hydrogens is 302 g/mol. The fraction of sp³-hybridized carbons (Fsp3) is 0.364. The fourth-order valence-electron chi connectivity index (χ4n) is 1.18. The minimum absolute atomic E-state index is 0.177. The zero-order valence-electron chi connectivity index (χ0n) is 9.15. The van der Waals surface area contributed by atoms with Crippen LogP contribution in [0.2, 0.25) is 0 Å². The Bertz CT molecular complexity index is 400. The number of rotatable bonds is 4. The molecule has 0 aliphatic rings. The lowest BCUT2D eigenvalue weighted by atomic mass is 10.1. The van der Waals surface area contributed by atoms with Crippen LogP contribution >= 0.6 is 34.8 Å². The SMILES string of the molecule is O=C(CCO)OC(O)c1ccc(C(Cl)(Cl)Cl)cc1. The van der Waals surface area contributed by atoms with Crippen LogP contribution in [0.15, 0.2) is 24.3 Å². The van der Waals surface area contributed by atoms with Gasteiger partial charge in [0.05, 0.1) is 13.0 Å². The maximum atomic E-state index is 11.0. The van der Waals surface area contributed by atoms with Gasteiger partial charge in [-0.2, -0.15) is 0 Å². The van der Waals surface area contributed by atoms with Gasteiger partial charge >= 0.3 is 5.97 Å². The van der Waals surface area contributed by atoms with E-state index in [9.17, 15) is 9.90 Å². The van der Waals surface area contributed by atoms with Crippen molar-refractivity contribution in [2.75, 3.05) is 6.61 Å². The van der Waals surface area contributed by atoms with Gasteiger partial charge in [0, 0.05) is 11.1 Å². The number of ether oxygens (including phenoxy) is 1. The highest BCUT2D eigenvalue weighted by atomic mass is 35.6. The Morgan fingerprint density at radius 2 is 1.83 bits per heavy atom. The van der Waals surface area contributed by atoms with Gasteiger partial charge in [-0.3, -0.25) is 4.79 Å². The van der Waals surface area contributed by atoms with Gasteiger partial charge in [0.25, 0.3) is 0 Å². The largest absolute Gasteiger partial charge is 0.431 e. The van der Waals surface area contributed by atoms with Crippen molar-refractivity contribution >= 4 is 40.8 Å².